The summed E-state index contributed by atoms with van der Waals surface area (Å²) >= 11 is 0. The molecule has 20 heavy (non-hydrogen) atoms. The molecule has 6 nitrogen and oxygen atoms in total. The summed E-state index contributed by atoms with van der Waals surface area (Å²) in [6.45, 7) is 2.36. The number of hydrogen-bond acceptors (Lipinski definition) is 4. The van der Waals surface area contributed by atoms with Gasteiger partial charge in [-0.2, -0.15) is 0 Å². The van der Waals surface area contributed by atoms with Gasteiger partial charge in [-0.3, -0.25) is 9.59 Å². The second-order valence-corrected chi connectivity index (χ2v) is 5.68. The van der Waals surface area contributed by atoms with Crippen LogP contribution >= 0.6 is 0 Å². The van der Waals surface area contributed by atoms with E-state index >= 15 is 0 Å². The summed E-state index contributed by atoms with van der Waals surface area (Å²) < 4.78 is 5.68. The van der Waals surface area contributed by atoms with E-state index in [-0.39, 0.29) is 24.5 Å². The molecule has 2 rings (SSSR count). The second-order valence-electron chi connectivity index (χ2n) is 5.68. The largest absolute Gasteiger partial charge is 0.481 e. The van der Waals surface area contributed by atoms with Crippen molar-refractivity contribution in [2.45, 2.75) is 50.7 Å². The van der Waals surface area contributed by atoms with Crippen LogP contribution in [-0.4, -0.2) is 48.8 Å². The van der Waals surface area contributed by atoms with Crippen molar-refractivity contribution in [1.29, 1.82) is 0 Å². The van der Waals surface area contributed by atoms with Gasteiger partial charge < -0.3 is 20.5 Å². The van der Waals surface area contributed by atoms with Gasteiger partial charge in [0.05, 0.1) is 19.1 Å². The van der Waals surface area contributed by atoms with Crippen molar-refractivity contribution in [3.63, 3.8) is 0 Å². The summed E-state index contributed by atoms with van der Waals surface area (Å²) in [6.07, 6.45) is 4.60. The number of rotatable bonds is 8. The molecule has 1 aliphatic heterocycles. The molecule has 114 valence electrons. The first kappa shape index (κ1) is 15.3. The van der Waals surface area contributed by atoms with Crippen LogP contribution in [0.2, 0.25) is 0 Å². The van der Waals surface area contributed by atoms with Crippen LogP contribution in [0.5, 0.6) is 0 Å². The number of aliphatic carboxylic acids is 1. The molecule has 1 atom stereocenters. The van der Waals surface area contributed by atoms with Crippen molar-refractivity contribution in [3.8, 4) is 0 Å². The monoisotopic (exact) mass is 284 g/mol. The van der Waals surface area contributed by atoms with E-state index in [1.54, 1.807) is 0 Å². The third-order valence-electron chi connectivity index (χ3n) is 3.90. The van der Waals surface area contributed by atoms with Crippen LogP contribution in [0.3, 0.4) is 0 Å². The highest BCUT2D eigenvalue weighted by Gasteiger charge is 2.33. The number of hydrogen-bond donors (Lipinski definition) is 3. The number of carbonyl (C=O) groups is 2. The molecule has 1 amide bonds. The van der Waals surface area contributed by atoms with E-state index < -0.39 is 5.97 Å². The minimum absolute atomic E-state index is 0.0194. The summed E-state index contributed by atoms with van der Waals surface area (Å²) in [5.41, 5.74) is 0. The van der Waals surface area contributed by atoms with Crippen molar-refractivity contribution in [2.24, 2.45) is 5.92 Å². The molecule has 1 heterocycles. The van der Waals surface area contributed by atoms with Crippen LogP contribution in [0.15, 0.2) is 0 Å². The van der Waals surface area contributed by atoms with Gasteiger partial charge in [0.25, 0.3) is 0 Å². The van der Waals surface area contributed by atoms with Crippen molar-refractivity contribution in [1.82, 2.24) is 10.6 Å². The molecule has 1 aliphatic carbocycles. The van der Waals surface area contributed by atoms with Gasteiger partial charge >= 0.3 is 5.97 Å². The minimum Gasteiger partial charge on any atom is -0.481 e. The first-order chi connectivity index (χ1) is 9.65. The van der Waals surface area contributed by atoms with E-state index in [9.17, 15) is 9.59 Å². The normalized spacial score (nSPS) is 21.4. The lowest BCUT2D eigenvalue weighted by Crippen LogP contribution is -2.39. The van der Waals surface area contributed by atoms with E-state index in [0.29, 0.717) is 18.9 Å². The number of carbonyl (C=O) groups excluding carboxylic acids is 1. The van der Waals surface area contributed by atoms with Crippen LogP contribution in [0.1, 0.15) is 38.5 Å². The predicted molar refractivity (Wildman–Crippen MR) is 73.4 cm³/mol. The van der Waals surface area contributed by atoms with E-state index in [0.717, 1.165) is 38.8 Å². The van der Waals surface area contributed by atoms with Gasteiger partial charge in [-0.25, -0.2) is 0 Å². The highest BCUT2D eigenvalue weighted by atomic mass is 16.5. The molecule has 0 aromatic carbocycles. The van der Waals surface area contributed by atoms with Crippen LogP contribution in [0, 0.1) is 5.92 Å². The smallest absolute Gasteiger partial charge is 0.305 e. The number of piperidine rings is 1. The maximum Gasteiger partial charge on any atom is 0.305 e. The minimum atomic E-state index is -0.854. The Labute approximate surface area is 119 Å². The first-order valence-corrected chi connectivity index (χ1v) is 7.48. The number of ether oxygens (including phenoxy) is 1. The Morgan fingerprint density at radius 2 is 1.95 bits per heavy atom. The Balaban J connectivity index is 1.62. The molecule has 6 heteroatoms. The van der Waals surface area contributed by atoms with E-state index in [1.165, 1.54) is 0 Å². The van der Waals surface area contributed by atoms with E-state index in [2.05, 4.69) is 10.6 Å². The fraction of sp³-hybridized carbons (Fsp3) is 0.857. The molecule has 0 bridgehead atoms. The molecular weight excluding hydrogens is 260 g/mol. The summed E-state index contributed by atoms with van der Waals surface area (Å²) in [4.78, 5) is 22.6. The van der Waals surface area contributed by atoms with Gasteiger partial charge in [0.15, 0.2) is 0 Å². The van der Waals surface area contributed by atoms with Crippen molar-refractivity contribution >= 4 is 11.9 Å². The third kappa shape index (κ3) is 5.46. The summed E-state index contributed by atoms with van der Waals surface area (Å²) in [6, 6.07) is -0.209. The average molecular weight is 284 g/mol. The summed E-state index contributed by atoms with van der Waals surface area (Å²) in [5, 5.41) is 14.9. The maximum atomic E-state index is 11.8. The van der Waals surface area contributed by atoms with E-state index in [4.69, 9.17) is 9.84 Å². The van der Waals surface area contributed by atoms with Gasteiger partial charge in [-0.1, -0.05) is 0 Å². The molecular formula is C14H24N2O4. The lowest BCUT2D eigenvalue weighted by Gasteiger charge is -2.23. The predicted octanol–water partition coefficient (Wildman–Crippen LogP) is 0.515. The standard InChI is InChI=1S/C14H24N2O4/c17-13(5-8-20-11-3-6-15-7-4-11)16-12(9-14(18)19)10-1-2-10/h10-12,15H,1-9H2,(H,16,17)(H,18,19). The molecule has 1 saturated heterocycles. The fourth-order valence-corrected chi connectivity index (χ4v) is 2.58. The number of amides is 1. The Morgan fingerprint density at radius 3 is 2.55 bits per heavy atom. The van der Waals surface area contributed by atoms with Crippen molar-refractivity contribution < 1.29 is 19.4 Å². The van der Waals surface area contributed by atoms with E-state index in [1.807, 2.05) is 0 Å². The van der Waals surface area contributed by atoms with Gasteiger partial charge in [0, 0.05) is 12.5 Å². The number of carboxylic acids is 1. The van der Waals surface area contributed by atoms with Gasteiger partial charge in [-0.05, 0) is 44.7 Å². The fourth-order valence-electron chi connectivity index (χ4n) is 2.58. The first-order valence-electron chi connectivity index (χ1n) is 7.48. The quantitative estimate of drug-likeness (QED) is 0.604. The number of nitrogens with one attached hydrogen (secondary N) is 2. The number of carboxylic acid groups (broad SMARTS) is 1. The van der Waals surface area contributed by atoms with Crippen LogP contribution < -0.4 is 10.6 Å². The Hall–Kier alpha value is -1.14. The molecule has 1 unspecified atom stereocenters. The molecule has 0 aromatic rings. The highest BCUT2D eigenvalue weighted by Crippen LogP contribution is 2.34. The zero-order valence-electron chi connectivity index (χ0n) is 11.8. The molecule has 0 radical (unpaired) electrons. The molecule has 0 spiro atoms. The second kappa shape index (κ2) is 7.59. The topological polar surface area (TPSA) is 87.7 Å². The van der Waals surface area contributed by atoms with Gasteiger partial charge in [-0.15, -0.1) is 0 Å². The SMILES string of the molecule is O=C(O)CC(NC(=O)CCOC1CCNCC1)C1CC1. The van der Waals surface area contributed by atoms with Crippen molar-refractivity contribution in [2.75, 3.05) is 19.7 Å². The van der Waals surface area contributed by atoms with Crippen molar-refractivity contribution in [3.05, 3.63) is 0 Å². The molecule has 1 saturated carbocycles. The van der Waals surface area contributed by atoms with Gasteiger partial charge in [0.2, 0.25) is 5.91 Å². The third-order valence-corrected chi connectivity index (χ3v) is 3.90. The van der Waals surface area contributed by atoms with Gasteiger partial charge in [0.1, 0.15) is 0 Å². The van der Waals surface area contributed by atoms with Crippen LogP contribution in [0.4, 0.5) is 0 Å². The zero-order valence-corrected chi connectivity index (χ0v) is 11.8. The molecule has 2 fully saturated rings. The summed E-state index contributed by atoms with van der Waals surface area (Å²) in [5.74, 6) is -0.606. The highest BCUT2D eigenvalue weighted by molar-refractivity contribution is 5.77. The zero-order chi connectivity index (χ0) is 14.4. The molecule has 2 aliphatic rings. The molecule has 0 aromatic heterocycles. The maximum absolute atomic E-state index is 11.8. The Morgan fingerprint density at radius 1 is 1.25 bits per heavy atom. The van der Waals surface area contributed by atoms with Crippen LogP contribution in [0.25, 0.3) is 0 Å². The lowest BCUT2D eigenvalue weighted by molar-refractivity contribution is -0.137. The average Bonchev–Trinajstić information content (AvgIpc) is 3.23. The van der Waals surface area contributed by atoms with Crippen LogP contribution in [-0.2, 0) is 14.3 Å². The Bertz CT molecular complexity index is 338. The lowest BCUT2D eigenvalue weighted by atomic mass is 10.1. The Kier molecular flexibility index (Phi) is 5.79. The summed E-state index contributed by atoms with van der Waals surface area (Å²) in [7, 11) is 0. The molecule has 3 N–H and O–H groups in total.